The summed E-state index contributed by atoms with van der Waals surface area (Å²) in [5, 5.41) is 3.10. The number of rotatable bonds is 4. The Labute approximate surface area is 110 Å². The Hall–Kier alpha value is -0.610. The average Bonchev–Trinajstić information content (AvgIpc) is 2.35. The van der Waals surface area contributed by atoms with Gasteiger partial charge >= 0.3 is 0 Å². The van der Waals surface area contributed by atoms with Gasteiger partial charge in [0, 0.05) is 18.5 Å². The Kier molecular flexibility index (Phi) is 3.97. The molecule has 0 bridgehead atoms. The van der Waals surface area contributed by atoms with E-state index in [2.05, 4.69) is 19.2 Å². The lowest BCUT2D eigenvalue weighted by molar-refractivity contribution is -0.137. The lowest BCUT2D eigenvalue weighted by Gasteiger charge is -2.41. The monoisotopic (exact) mass is 254 g/mol. The summed E-state index contributed by atoms with van der Waals surface area (Å²) >= 11 is 0. The van der Waals surface area contributed by atoms with Crippen LogP contribution in [0.5, 0.6) is 0 Å². The zero-order valence-corrected chi connectivity index (χ0v) is 11.6. The van der Waals surface area contributed by atoms with Crippen molar-refractivity contribution in [1.29, 1.82) is 0 Å². The maximum atomic E-state index is 12.4. The van der Waals surface area contributed by atoms with Gasteiger partial charge in [0.15, 0.2) is 0 Å². The van der Waals surface area contributed by atoms with Crippen LogP contribution in [-0.2, 0) is 9.53 Å². The molecular weight excluding hydrogens is 228 g/mol. The molecule has 1 heterocycles. The van der Waals surface area contributed by atoms with Crippen LogP contribution < -0.4 is 11.1 Å². The molecule has 104 valence electrons. The van der Waals surface area contributed by atoms with Crippen molar-refractivity contribution in [3.05, 3.63) is 0 Å². The lowest BCUT2D eigenvalue weighted by atomic mass is 9.70. The molecule has 2 rings (SSSR count). The second-order valence-electron chi connectivity index (χ2n) is 6.65. The van der Waals surface area contributed by atoms with Gasteiger partial charge in [0.25, 0.3) is 0 Å². The van der Waals surface area contributed by atoms with E-state index in [1.165, 1.54) is 0 Å². The first-order valence-electron chi connectivity index (χ1n) is 7.06. The van der Waals surface area contributed by atoms with Crippen LogP contribution in [0.3, 0.4) is 0 Å². The van der Waals surface area contributed by atoms with Crippen molar-refractivity contribution in [2.24, 2.45) is 22.5 Å². The number of nitrogens with one attached hydrogen (secondary N) is 1. The van der Waals surface area contributed by atoms with Gasteiger partial charge in [-0.3, -0.25) is 4.79 Å². The van der Waals surface area contributed by atoms with Gasteiger partial charge in [0.2, 0.25) is 5.91 Å². The van der Waals surface area contributed by atoms with Gasteiger partial charge in [0.1, 0.15) is 0 Å². The number of carbonyl (C=O) groups is 1. The van der Waals surface area contributed by atoms with Crippen LogP contribution in [-0.4, -0.2) is 32.2 Å². The molecule has 4 nitrogen and oxygen atoms in total. The Balaban J connectivity index is 1.89. The van der Waals surface area contributed by atoms with E-state index in [4.69, 9.17) is 10.5 Å². The highest BCUT2D eigenvalue weighted by molar-refractivity contribution is 5.83. The molecule has 1 aliphatic carbocycles. The summed E-state index contributed by atoms with van der Waals surface area (Å²) in [5.74, 6) is 0.889. The fourth-order valence-electron chi connectivity index (χ4n) is 2.87. The van der Waals surface area contributed by atoms with Crippen LogP contribution >= 0.6 is 0 Å². The maximum Gasteiger partial charge on any atom is 0.227 e. The highest BCUT2D eigenvalue weighted by Crippen LogP contribution is 2.38. The van der Waals surface area contributed by atoms with Crippen molar-refractivity contribution in [3.8, 4) is 0 Å². The van der Waals surface area contributed by atoms with E-state index < -0.39 is 0 Å². The molecular formula is C14H26N2O2. The van der Waals surface area contributed by atoms with Crippen LogP contribution in [0.2, 0.25) is 0 Å². The molecule has 2 aliphatic rings. The van der Waals surface area contributed by atoms with Crippen molar-refractivity contribution in [1.82, 2.24) is 5.32 Å². The lowest BCUT2D eigenvalue weighted by Crippen LogP contribution is -2.53. The molecule has 0 radical (unpaired) electrons. The Morgan fingerprint density at radius 1 is 1.39 bits per heavy atom. The highest BCUT2D eigenvalue weighted by Gasteiger charge is 2.41. The fraction of sp³-hybridized carbons (Fsp3) is 0.929. The SMILES string of the molecule is CC1CCC(CN)(C(=O)NCC2(C)COC2)CC1. The molecule has 4 heteroatoms. The molecule has 1 aliphatic heterocycles. The van der Waals surface area contributed by atoms with Gasteiger partial charge in [0.05, 0.1) is 18.6 Å². The van der Waals surface area contributed by atoms with Gasteiger partial charge < -0.3 is 15.8 Å². The van der Waals surface area contributed by atoms with Gasteiger partial charge in [-0.1, -0.05) is 13.8 Å². The number of hydrogen-bond donors (Lipinski definition) is 2. The predicted molar refractivity (Wildman–Crippen MR) is 71.1 cm³/mol. The molecule has 3 N–H and O–H groups in total. The molecule has 2 fully saturated rings. The zero-order chi connectivity index (χ0) is 13.2. The van der Waals surface area contributed by atoms with Crippen molar-refractivity contribution in [2.75, 3.05) is 26.3 Å². The van der Waals surface area contributed by atoms with E-state index in [0.29, 0.717) is 13.1 Å². The van der Waals surface area contributed by atoms with E-state index in [-0.39, 0.29) is 16.7 Å². The van der Waals surface area contributed by atoms with E-state index in [0.717, 1.165) is 44.8 Å². The van der Waals surface area contributed by atoms with Crippen LogP contribution in [0.25, 0.3) is 0 Å². The van der Waals surface area contributed by atoms with Crippen LogP contribution in [0.15, 0.2) is 0 Å². The molecule has 0 aromatic carbocycles. The molecule has 0 aromatic rings. The molecule has 0 atom stereocenters. The predicted octanol–water partition coefficient (Wildman–Crippen LogP) is 1.29. The Morgan fingerprint density at radius 2 is 2.00 bits per heavy atom. The summed E-state index contributed by atoms with van der Waals surface area (Å²) in [4.78, 5) is 12.4. The molecule has 0 unspecified atom stereocenters. The van der Waals surface area contributed by atoms with E-state index >= 15 is 0 Å². The van der Waals surface area contributed by atoms with E-state index in [9.17, 15) is 4.79 Å². The molecule has 0 spiro atoms. The third-order valence-electron chi connectivity index (χ3n) is 4.68. The third-order valence-corrected chi connectivity index (χ3v) is 4.68. The second-order valence-corrected chi connectivity index (χ2v) is 6.65. The summed E-state index contributed by atoms with van der Waals surface area (Å²) in [6, 6.07) is 0. The standard InChI is InChI=1S/C14H26N2O2/c1-11-3-5-14(7-15,6-4-11)12(17)16-8-13(2)9-18-10-13/h11H,3-10,15H2,1-2H3,(H,16,17). The van der Waals surface area contributed by atoms with E-state index in [1.54, 1.807) is 0 Å². The smallest absolute Gasteiger partial charge is 0.227 e. The minimum atomic E-state index is -0.312. The minimum absolute atomic E-state index is 0.132. The maximum absolute atomic E-state index is 12.4. The van der Waals surface area contributed by atoms with Crippen molar-refractivity contribution < 1.29 is 9.53 Å². The Morgan fingerprint density at radius 3 is 2.44 bits per heavy atom. The quantitative estimate of drug-likeness (QED) is 0.794. The number of carbonyl (C=O) groups excluding carboxylic acids is 1. The summed E-state index contributed by atoms with van der Waals surface area (Å²) in [7, 11) is 0. The minimum Gasteiger partial charge on any atom is -0.380 e. The number of nitrogens with two attached hydrogens (primary N) is 1. The number of amides is 1. The molecule has 1 saturated heterocycles. The molecule has 1 amide bonds. The number of ether oxygens (including phenoxy) is 1. The van der Waals surface area contributed by atoms with Crippen LogP contribution in [0.1, 0.15) is 39.5 Å². The van der Waals surface area contributed by atoms with Gasteiger partial charge in [-0.25, -0.2) is 0 Å². The molecule has 1 saturated carbocycles. The van der Waals surface area contributed by atoms with E-state index in [1.807, 2.05) is 0 Å². The van der Waals surface area contributed by atoms with Gasteiger partial charge in [-0.2, -0.15) is 0 Å². The highest BCUT2D eigenvalue weighted by atomic mass is 16.5. The zero-order valence-electron chi connectivity index (χ0n) is 11.6. The largest absolute Gasteiger partial charge is 0.380 e. The summed E-state index contributed by atoms with van der Waals surface area (Å²) in [5.41, 5.74) is 5.71. The summed E-state index contributed by atoms with van der Waals surface area (Å²) in [6.07, 6.45) is 4.10. The first-order chi connectivity index (χ1) is 8.50. The van der Waals surface area contributed by atoms with Crippen molar-refractivity contribution in [3.63, 3.8) is 0 Å². The second kappa shape index (κ2) is 5.17. The molecule has 0 aromatic heterocycles. The first kappa shape index (κ1) is 13.8. The third kappa shape index (κ3) is 2.69. The summed E-state index contributed by atoms with van der Waals surface area (Å²) < 4.78 is 5.21. The topological polar surface area (TPSA) is 64.4 Å². The fourth-order valence-corrected chi connectivity index (χ4v) is 2.87. The molecule has 18 heavy (non-hydrogen) atoms. The summed E-state index contributed by atoms with van der Waals surface area (Å²) in [6.45, 7) is 7.09. The van der Waals surface area contributed by atoms with Crippen molar-refractivity contribution in [2.45, 2.75) is 39.5 Å². The Bertz CT molecular complexity index is 305. The van der Waals surface area contributed by atoms with Crippen LogP contribution in [0.4, 0.5) is 0 Å². The average molecular weight is 254 g/mol. The van der Waals surface area contributed by atoms with Gasteiger partial charge in [-0.15, -0.1) is 0 Å². The van der Waals surface area contributed by atoms with Crippen LogP contribution in [0, 0.1) is 16.7 Å². The van der Waals surface area contributed by atoms with Gasteiger partial charge in [-0.05, 0) is 31.6 Å². The number of hydrogen-bond acceptors (Lipinski definition) is 3. The van der Waals surface area contributed by atoms with Crippen molar-refractivity contribution >= 4 is 5.91 Å². The normalized spacial score (nSPS) is 34.7. The first-order valence-corrected chi connectivity index (χ1v) is 7.06.